The van der Waals surface area contributed by atoms with Gasteiger partial charge in [0.2, 0.25) is 0 Å². The van der Waals surface area contributed by atoms with Crippen LogP contribution in [-0.4, -0.2) is 9.97 Å². The summed E-state index contributed by atoms with van der Waals surface area (Å²) in [7, 11) is 0. The molecule has 7 rings (SSSR count). The third-order valence-electron chi connectivity index (χ3n) is 6.32. The molecule has 0 spiro atoms. The number of rotatable bonds is 2. The standard InChI is InChI=1S/C30H17BrN2O/c31-20-13-14-21-18(16-20)6-5-8-23(21)30-29(32-25-9-2-3-10-26(25)33-30)19-12-15-28-24(17-19)22-7-1-4-11-27(22)34-28/h1-17H. The van der Waals surface area contributed by atoms with Crippen LogP contribution in [0.15, 0.2) is 112 Å². The van der Waals surface area contributed by atoms with Crippen LogP contribution in [0, 0.1) is 0 Å². The first kappa shape index (κ1) is 19.4. The third kappa shape index (κ3) is 3.03. The van der Waals surface area contributed by atoms with E-state index in [1.54, 1.807) is 0 Å². The second-order valence-electron chi connectivity index (χ2n) is 8.39. The monoisotopic (exact) mass is 500 g/mol. The predicted octanol–water partition coefficient (Wildman–Crippen LogP) is 8.78. The zero-order chi connectivity index (χ0) is 22.6. The molecule has 0 aliphatic carbocycles. The predicted molar refractivity (Wildman–Crippen MR) is 143 cm³/mol. The van der Waals surface area contributed by atoms with Crippen molar-refractivity contribution in [3.05, 3.63) is 108 Å². The fourth-order valence-electron chi connectivity index (χ4n) is 4.72. The van der Waals surface area contributed by atoms with Gasteiger partial charge in [-0.1, -0.05) is 70.5 Å². The van der Waals surface area contributed by atoms with Gasteiger partial charge in [-0.3, -0.25) is 0 Å². The molecule has 0 radical (unpaired) electrons. The van der Waals surface area contributed by atoms with Crippen LogP contribution in [0.1, 0.15) is 0 Å². The van der Waals surface area contributed by atoms with E-state index in [0.29, 0.717) is 0 Å². The highest BCUT2D eigenvalue weighted by Crippen LogP contribution is 2.38. The van der Waals surface area contributed by atoms with Gasteiger partial charge >= 0.3 is 0 Å². The first-order chi connectivity index (χ1) is 16.7. The molecule has 0 unspecified atom stereocenters. The average molecular weight is 501 g/mol. The third-order valence-corrected chi connectivity index (χ3v) is 6.81. The Morgan fingerprint density at radius 3 is 2.21 bits per heavy atom. The number of fused-ring (bicyclic) bond motifs is 5. The summed E-state index contributed by atoms with van der Waals surface area (Å²) in [6, 6.07) is 35.2. The largest absolute Gasteiger partial charge is 0.456 e. The zero-order valence-corrected chi connectivity index (χ0v) is 19.6. The Labute approximate surface area is 203 Å². The van der Waals surface area contributed by atoms with Crippen LogP contribution < -0.4 is 0 Å². The number of benzene rings is 5. The normalized spacial score (nSPS) is 11.7. The summed E-state index contributed by atoms with van der Waals surface area (Å²) in [5, 5.41) is 4.48. The molecular weight excluding hydrogens is 484 g/mol. The van der Waals surface area contributed by atoms with E-state index in [2.05, 4.69) is 70.5 Å². The number of furan rings is 1. The summed E-state index contributed by atoms with van der Waals surface area (Å²) in [6.45, 7) is 0. The summed E-state index contributed by atoms with van der Waals surface area (Å²) >= 11 is 3.60. The van der Waals surface area contributed by atoms with Gasteiger partial charge in [0, 0.05) is 26.4 Å². The van der Waals surface area contributed by atoms with E-state index < -0.39 is 0 Å². The minimum absolute atomic E-state index is 0.862. The van der Waals surface area contributed by atoms with E-state index >= 15 is 0 Å². The van der Waals surface area contributed by atoms with Crippen LogP contribution in [0.3, 0.4) is 0 Å². The maximum absolute atomic E-state index is 6.06. The van der Waals surface area contributed by atoms with Gasteiger partial charge in [-0.05, 0) is 59.3 Å². The summed E-state index contributed by atoms with van der Waals surface area (Å²) in [5.41, 5.74) is 7.33. The lowest BCUT2D eigenvalue weighted by Gasteiger charge is -2.13. The molecule has 0 N–H and O–H groups in total. The van der Waals surface area contributed by atoms with E-state index in [4.69, 9.17) is 14.4 Å². The van der Waals surface area contributed by atoms with Crippen molar-refractivity contribution in [2.75, 3.05) is 0 Å². The maximum Gasteiger partial charge on any atom is 0.135 e. The molecule has 0 amide bonds. The molecule has 0 bridgehead atoms. The Morgan fingerprint density at radius 1 is 0.559 bits per heavy atom. The van der Waals surface area contributed by atoms with Crippen LogP contribution in [0.25, 0.3) is 66.3 Å². The highest BCUT2D eigenvalue weighted by atomic mass is 79.9. The maximum atomic E-state index is 6.06. The van der Waals surface area contributed by atoms with Crippen molar-refractivity contribution >= 4 is 59.7 Å². The Balaban J connectivity index is 1.56. The van der Waals surface area contributed by atoms with E-state index in [9.17, 15) is 0 Å². The summed E-state index contributed by atoms with van der Waals surface area (Å²) in [4.78, 5) is 10.2. The minimum atomic E-state index is 0.862. The molecular formula is C30H17BrN2O. The molecule has 3 nitrogen and oxygen atoms in total. The Hall–Kier alpha value is -4.02. The molecule has 0 fully saturated rings. The summed E-state index contributed by atoms with van der Waals surface area (Å²) in [5.74, 6) is 0. The number of halogens is 1. The second-order valence-corrected chi connectivity index (χ2v) is 9.31. The highest BCUT2D eigenvalue weighted by Gasteiger charge is 2.17. The van der Waals surface area contributed by atoms with Gasteiger partial charge in [-0.2, -0.15) is 0 Å². The van der Waals surface area contributed by atoms with Crippen LogP contribution >= 0.6 is 15.9 Å². The van der Waals surface area contributed by atoms with Crippen LogP contribution in [-0.2, 0) is 0 Å². The van der Waals surface area contributed by atoms with Gasteiger partial charge in [0.25, 0.3) is 0 Å². The van der Waals surface area contributed by atoms with E-state index in [1.807, 2.05) is 48.5 Å². The molecule has 2 heterocycles. The Bertz CT molecular complexity index is 1890. The molecule has 0 saturated carbocycles. The number of para-hydroxylation sites is 3. The van der Waals surface area contributed by atoms with Crippen molar-refractivity contribution in [2.24, 2.45) is 0 Å². The molecule has 2 aromatic heterocycles. The molecule has 0 aliphatic rings. The quantitative estimate of drug-likeness (QED) is 0.238. The van der Waals surface area contributed by atoms with E-state index in [0.717, 1.165) is 70.7 Å². The van der Waals surface area contributed by atoms with Crippen molar-refractivity contribution in [1.29, 1.82) is 0 Å². The van der Waals surface area contributed by atoms with E-state index in [1.165, 1.54) is 0 Å². The van der Waals surface area contributed by atoms with Crippen molar-refractivity contribution in [3.63, 3.8) is 0 Å². The average Bonchev–Trinajstić information content (AvgIpc) is 3.25. The van der Waals surface area contributed by atoms with Gasteiger partial charge in [-0.15, -0.1) is 0 Å². The Kier molecular flexibility index (Phi) is 4.29. The lowest BCUT2D eigenvalue weighted by Crippen LogP contribution is -1.96. The molecule has 0 atom stereocenters. The molecule has 0 aliphatic heterocycles. The van der Waals surface area contributed by atoms with Gasteiger partial charge < -0.3 is 4.42 Å². The van der Waals surface area contributed by atoms with E-state index in [-0.39, 0.29) is 0 Å². The molecule has 5 aromatic carbocycles. The lowest BCUT2D eigenvalue weighted by atomic mass is 9.97. The number of nitrogens with zero attached hydrogens (tertiary/aromatic N) is 2. The molecule has 160 valence electrons. The molecule has 0 saturated heterocycles. The fraction of sp³-hybridized carbons (Fsp3) is 0. The molecule has 4 heteroatoms. The van der Waals surface area contributed by atoms with Crippen molar-refractivity contribution < 1.29 is 4.42 Å². The smallest absolute Gasteiger partial charge is 0.135 e. The zero-order valence-electron chi connectivity index (χ0n) is 18.0. The highest BCUT2D eigenvalue weighted by molar-refractivity contribution is 9.10. The van der Waals surface area contributed by atoms with Crippen LogP contribution in [0.2, 0.25) is 0 Å². The Morgan fingerprint density at radius 2 is 1.32 bits per heavy atom. The minimum Gasteiger partial charge on any atom is -0.456 e. The first-order valence-electron chi connectivity index (χ1n) is 11.1. The van der Waals surface area contributed by atoms with Crippen LogP contribution in [0.4, 0.5) is 0 Å². The first-order valence-corrected chi connectivity index (χ1v) is 11.9. The topological polar surface area (TPSA) is 38.9 Å². The fourth-order valence-corrected chi connectivity index (χ4v) is 5.10. The van der Waals surface area contributed by atoms with Gasteiger partial charge in [-0.25, -0.2) is 9.97 Å². The molecule has 7 aromatic rings. The van der Waals surface area contributed by atoms with Gasteiger partial charge in [0.1, 0.15) is 11.2 Å². The SMILES string of the molecule is Brc1ccc2c(-c3nc4ccccc4nc3-c3ccc4oc5ccccc5c4c3)cccc2c1. The number of aromatic nitrogens is 2. The van der Waals surface area contributed by atoms with Crippen molar-refractivity contribution in [1.82, 2.24) is 9.97 Å². The summed E-state index contributed by atoms with van der Waals surface area (Å²) < 4.78 is 7.11. The number of hydrogen-bond donors (Lipinski definition) is 0. The van der Waals surface area contributed by atoms with Gasteiger partial charge in [0.15, 0.2) is 0 Å². The second kappa shape index (κ2) is 7.51. The lowest BCUT2D eigenvalue weighted by molar-refractivity contribution is 0.669. The summed E-state index contributed by atoms with van der Waals surface area (Å²) in [6.07, 6.45) is 0. The molecule has 34 heavy (non-hydrogen) atoms. The number of hydrogen-bond acceptors (Lipinski definition) is 3. The van der Waals surface area contributed by atoms with Crippen molar-refractivity contribution in [2.45, 2.75) is 0 Å². The van der Waals surface area contributed by atoms with Crippen LogP contribution in [0.5, 0.6) is 0 Å². The van der Waals surface area contributed by atoms with Crippen molar-refractivity contribution in [3.8, 4) is 22.5 Å². The van der Waals surface area contributed by atoms with Gasteiger partial charge in [0.05, 0.1) is 22.4 Å².